The molecule has 2 aromatic rings. The van der Waals surface area contributed by atoms with Gasteiger partial charge in [-0.2, -0.15) is 35.9 Å². The van der Waals surface area contributed by atoms with Crippen LogP contribution in [0.15, 0.2) is 48.5 Å². The molecule has 0 aliphatic heterocycles. The Hall–Kier alpha value is -1.16. The minimum absolute atomic E-state index is 0. The molecule has 0 aromatic heterocycles. The minimum Gasteiger partial charge on any atom is -0.497 e. The van der Waals surface area contributed by atoms with E-state index in [0.29, 0.717) is 0 Å². The number of ether oxygens (including phenoxy) is 1. The number of rotatable bonds is 3. The number of methoxy groups -OCH3 is 1. The molecule has 2 rings (SSSR count). The van der Waals surface area contributed by atoms with E-state index in [1.165, 1.54) is 11.1 Å². The van der Waals surface area contributed by atoms with Gasteiger partial charge in [0.25, 0.3) is 0 Å². The molecule has 1 nitrogen and oxygen atoms in total. The van der Waals surface area contributed by atoms with Gasteiger partial charge in [-0.1, -0.05) is 17.7 Å². The van der Waals surface area contributed by atoms with E-state index in [1.807, 2.05) is 30.3 Å². The summed E-state index contributed by atoms with van der Waals surface area (Å²) in [6.45, 7) is 0. The van der Waals surface area contributed by atoms with Gasteiger partial charge in [0.15, 0.2) is 0 Å². The van der Waals surface area contributed by atoms with E-state index in [9.17, 15) is 0 Å². The van der Waals surface area contributed by atoms with E-state index >= 15 is 0 Å². The molecule has 0 saturated carbocycles. The van der Waals surface area contributed by atoms with Gasteiger partial charge in [-0.25, -0.2) is 0 Å². The Morgan fingerprint density at radius 2 is 1.81 bits per heavy atom. The van der Waals surface area contributed by atoms with Crippen molar-refractivity contribution in [1.29, 1.82) is 0 Å². The van der Waals surface area contributed by atoms with Gasteiger partial charge >= 0.3 is 18.9 Å². The second-order valence-electron chi connectivity index (χ2n) is 3.44. The Morgan fingerprint density at radius 3 is 2.38 bits per heavy atom. The second kappa shape index (κ2) is 6.43. The first kappa shape index (κ1) is 12.9. The summed E-state index contributed by atoms with van der Waals surface area (Å²) < 4.78 is 5.11. The van der Waals surface area contributed by atoms with Crippen LogP contribution in [0.5, 0.6) is 5.75 Å². The van der Waals surface area contributed by atoms with Crippen molar-refractivity contribution in [2.45, 2.75) is 6.42 Å². The molecule has 2 aromatic carbocycles. The average Bonchev–Trinajstić information content (AvgIpc) is 2.31. The van der Waals surface area contributed by atoms with Crippen LogP contribution in [0.2, 0.25) is 0 Å². The van der Waals surface area contributed by atoms with Crippen LogP contribution in [0.25, 0.3) is 0 Å². The van der Waals surface area contributed by atoms with Crippen LogP contribution in [0.3, 0.4) is 0 Å². The van der Waals surface area contributed by atoms with E-state index in [0.717, 1.165) is 12.2 Å². The third kappa shape index (κ3) is 3.45. The van der Waals surface area contributed by atoms with Crippen molar-refractivity contribution in [3.05, 3.63) is 65.7 Å². The summed E-state index contributed by atoms with van der Waals surface area (Å²) in [5.41, 5.74) is 2.57. The molecule has 0 unspecified atom stereocenters. The summed E-state index contributed by atoms with van der Waals surface area (Å²) >= 11 is 0. The molecule has 0 amide bonds. The van der Waals surface area contributed by atoms with Gasteiger partial charge in [0.05, 0.1) is 7.11 Å². The monoisotopic (exact) mass is 204 g/mol. The Bertz CT molecular complexity index is 409. The molecule has 0 bridgehead atoms. The summed E-state index contributed by atoms with van der Waals surface area (Å²) in [5, 5.41) is 0. The van der Waals surface area contributed by atoms with E-state index in [1.54, 1.807) is 7.11 Å². The molecule has 2 heteroatoms. The van der Waals surface area contributed by atoms with Crippen molar-refractivity contribution < 1.29 is 23.6 Å². The third-order valence-corrected chi connectivity index (χ3v) is 2.34. The first-order valence-electron chi connectivity index (χ1n) is 4.96. The zero-order chi connectivity index (χ0) is 10.5. The van der Waals surface area contributed by atoms with E-state index in [4.69, 9.17) is 4.74 Å². The van der Waals surface area contributed by atoms with Crippen LogP contribution >= 0.6 is 0 Å². The zero-order valence-corrected chi connectivity index (χ0v) is 9.73. The van der Waals surface area contributed by atoms with Crippen LogP contribution in [-0.2, 0) is 6.42 Å². The summed E-state index contributed by atoms with van der Waals surface area (Å²) in [6.07, 6.45) is 0.946. The molecule has 0 radical (unpaired) electrons. The maximum absolute atomic E-state index is 5.11. The minimum atomic E-state index is 0. The molecule has 0 saturated heterocycles. The van der Waals surface area contributed by atoms with Gasteiger partial charge in [-0.15, -0.1) is 0 Å². The second-order valence-corrected chi connectivity index (χ2v) is 3.44. The number of benzene rings is 2. The predicted molar refractivity (Wildman–Crippen MR) is 61.1 cm³/mol. The fraction of sp³-hybridized carbons (Fsp3) is 0.143. The fourth-order valence-electron chi connectivity index (χ4n) is 1.52. The smallest absolute Gasteiger partial charge is 0.497 e. The molecule has 0 atom stereocenters. The third-order valence-electron chi connectivity index (χ3n) is 2.34. The van der Waals surface area contributed by atoms with Gasteiger partial charge in [-0.05, 0) is 18.6 Å². The molecular formula is C14H13LiO. The van der Waals surface area contributed by atoms with Gasteiger partial charge in [0.2, 0.25) is 0 Å². The molecule has 16 heavy (non-hydrogen) atoms. The van der Waals surface area contributed by atoms with E-state index in [-0.39, 0.29) is 18.9 Å². The van der Waals surface area contributed by atoms with Crippen LogP contribution in [-0.4, -0.2) is 7.11 Å². The molecule has 0 heterocycles. The van der Waals surface area contributed by atoms with Crippen molar-refractivity contribution >= 4 is 0 Å². The SMILES string of the molecule is COc1ccc(Cc2c[c-]ccc2)cc1.[Li+]. The van der Waals surface area contributed by atoms with Crippen LogP contribution in [0, 0.1) is 6.07 Å². The maximum atomic E-state index is 5.11. The van der Waals surface area contributed by atoms with Gasteiger partial charge in [0.1, 0.15) is 5.75 Å². The van der Waals surface area contributed by atoms with Crippen molar-refractivity contribution in [1.82, 2.24) is 0 Å². The van der Waals surface area contributed by atoms with Gasteiger partial charge < -0.3 is 4.74 Å². The zero-order valence-electron chi connectivity index (χ0n) is 9.73. The largest absolute Gasteiger partial charge is 1.00 e. The van der Waals surface area contributed by atoms with Crippen LogP contribution in [0.1, 0.15) is 11.1 Å². The Labute approximate surface area is 109 Å². The Balaban J connectivity index is 0.00000128. The van der Waals surface area contributed by atoms with Crippen molar-refractivity contribution in [2.75, 3.05) is 7.11 Å². The van der Waals surface area contributed by atoms with E-state index in [2.05, 4.69) is 24.3 Å². The van der Waals surface area contributed by atoms with Crippen LogP contribution < -0.4 is 23.6 Å². The summed E-state index contributed by atoms with van der Waals surface area (Å²) in [7, 11) is 1.68. The predicted octanol–water partition coefficient (Wildman–Crippen LogP) is 0.0902. The summed E-state index contributed by atoms with van der Waals surface area (Å²) in [4.78, 5) is 0. The Morgan fingerprint density at radius 1 is 1.06 bits per heavy atom. The molecule has 0 aliphatic carbocycles. The molecule has 0 N–H and O–H groups in total. The Kier molecular flexibility index (Phi) is 5.18. The van der Waals surface area contributed by atoms with E-state index < -0.39 is 0 Å². The standard InChI is InChI=1S/C14H13O.Li/c1-15-14-9-7-13(8-10-14)11-12-5-3-2-4-6-12;/h2-3,5-10H,11H2,1H3;/q-1;+1. The number of hydrogen-bond acceptors (Lipinski definition) is 1. The fourth-order valence-corrected chi connectivity index (χ4v) is 1.52. The molecule has 0 fully saturated rings. The topological polar surface area (TPSA) is 9.23 Å². The molecular weight excluding hydrogens is 191 g/mol. The van der Waals surface area contributed by atoms with Crippen molar-refractivity contribution in [3.63, 3.8) is 0 Å². The molecule has 76 valence electrons. The van der Waals surface area contributed by atoms with Crippen molar-refractivity contribution in [2.24, 2.45) is 0 Å². The first-order chi connectivity index (χ1) is 7.38. The van der Waals surface area contributed by atoms with Crippen LogP contribution in [0.4, 0.5) is 0 Å². The van der Waals surface area contributed by atoms with Crippen molar-refractivity contribution in [3.8, 4) is 5.75 Å². The van der Waals surface area contributed by atoms with Gasteiger partial charge in [-0.3, -0.25) is 0 Å². The average molecular weight is 204 g/mol. The summed E-state index contributed by atoms with van der Waals surface area (Å²) in [6, 6.07) is 19.3. The number of hydrogen-bond donors (Lipinski definition) is 0. The maximum Gasteiger partial charge on any atom is 1.00 e. The summed E-state index contributed by atoms with van der Waals surface area (Å²) in [5.74, 6) is 0.901. The molecule has 0 aliphatic rings. The molecule has 0 spiro atoms. The van der Waals surface area contributed by atoms with Gasteiger partial charge in [0, 0.05) is 0 Å². The normalized spacial score (nSPS) is 9.31. The first-order valence-corrected chi connectivity index (χ1v) is 4.96. The quantitative estimate of drug-likeness (QED) is 0.508.